The van der Waals surface area contributed by atoms with Gasteiger partial charge in [0.05, 0.1) is 6.10 Å². The summed E-state index contributed by atoms with van der Waals surface area (Å²) in [5, 5.41) is 15.1. The summed E-state index contributed by atoms with van der Waals surface area (Å²) in [6, 6.07) is 3.53. The zero-order valence-electron chi connectivity index (χ0n) is 12.4. The van der Waals surface area contributed by atoms with Gasteiger partial charge in [-0.1, -0.05) is 11.6 Å². The van der Waals surface area contributed by atoms with E-state index in [0.29, 0.717) is 6.54 Å². The fraction of sp³-hybridized carbons (Fsp3) is 0.400. The summed E-state index contributed by atoms with van der Waals surface area (Å²) in [4.78, 5) is 23.2. The summed E-state index contributed by atoms with van der Waals surface area (Å²) < 4.78 is 0. The number of nitrogens with one attached hydrogen (secondary N) is 1. The summed E-state index contributed by atoms with van der Waals surface area (Å²) in [5.74, 6) is -0.368. The highest BCUT2D eigenvalue weighted by atomic mass is 35.5. The van der Waals surface area contributed by atoms with Crippen LogP contribution in [-0.2, 0) is 13.0 Å². The smallest absolute Gasteiger partial charge is 0.270 e. The molecule has 0 aliphatic carbocycles. The molecule has 3 rings (SSSR count). The predicted molar refractivity (Wildman–Crippen MR) is 88.7 cm³/mol. The first-order chi connectivity index (χ1) is 11.1. The maximum atomic E-state index is 11.9. The Kier molecular flexibility index (Phi) is 5.22. The van der Waals surface area contributed by atoms with Crippen molar-refractivity contribution < 1.29 is 9.90 Å². The van der Waals surface area contributed by atoms with Crippen molar-refractivity contribution >= 4 is 28.8 Å². The molecule has 0 saturated heterocycles. The van der Waals surface area contributed by atoms with E-state index in [-0.39, 0.29) is 23.3 Å². The second-order valence-electron chi connectivity index (χ2n) is 5.44. The van der Waals surface area contributed by atoms with Gasteiger partial charge in [-0.05, 0) is 23.4 Å². The Hall–Kier alpha value is -1.54. The Balaban J connectivity index is 1.47. The summed E-state index contributed by atoms with van der Waals surface area (Å²) in [7, 11) is 0. The molecule has 2 N–H and O–H groups in total. The molecule has 6 nitrogen and oxygen atoms in total. The maximum absolute atomic E-state index is 11.9. The Morgan fingerprint density at radius 3 is 3.22 bits per heavy atom. The molecule has 1 unspecified atom stereocenters. The topological polar surface area (TPSA) is 78.4 Å². The SMILES string of the molecule is O=C(NCC(O)CN1CCc2sccc2C1)c1cc(Cl)ncn1. The number of carbonyl (C=O) groups excluding carboxylic acids is 1. The maximum Gasteiger partial charge on any atom is 0.270 e. The molecule has 2 aromatic heterocycles. The van der Waals surface area contributed by atoms with E-state index < -0.39 is 6.10 Å². The summed E-state index contributed by atoms with van der Waals surface area (Å²) in [5.41, 5.74) is 1.53. The molecule has 122 valence electrons. The van der Waals surface area contributed by atoms with Crippen LogP contribution < -0.4 is 5.32 Å². The van der Waals surface area contributed by atoms with Crippen molar-refractivity contribution in [1.82, 2.24) is 20.2 Å². The van der Waals surface area contributed by atoms with Crippen molar-refractivity contribution in [3.63, 3.8) is 0 Å². The molecule has 23 heavy (non-hydrogen) atoms. The monoisotopic (exact) mass is 352 g/mol. The van der Waals surface area contributed by atoms with Crippen molar-refractivity contribution in [3.8, 4) is 0 Å². The lowest BCUT2D eigenvalue weighted by Gasteiger charge is -2.28. The quantitative estimate of drug-likeness (QED) is 0.794. The van der Waals surface area contributed by atoms with Gasteiger partial charge in [0, 0.05) is 37.1 Å². The minimum Gasteiger partial charge on any atom is -0.390 e. The van der Waals surface area contributed by atoms with Crippen LogP contribution in [0.4, 0.5) is 0 Å². The predicted octanol–water partition coefficient (Wildman–Crippen LogP) is 1.34. The number of aliphatic hydroxyl groups is 1. The first-order valence-electron chi connectivity index (χ1n) is 7.33. The number of thiophene rings is 1. The third-order valence-electron chi connectivity index (χ3n) is 3.72. The minimum absolute atomic E-state index is 0.174. The van der Waals surface area contributed by atoms with Crippen LogP contribution in [-0.4, -0.2) is 51.6 Å². The highest BCUT2D eigenvalue weighted by molar-refractivity contribution is 7.10. The molecule has 0 saturated carbocycles. The van der Waals surface area contributed by atoms with Gasteiger partial charge in [-0.15, -0.1) is 11.3 Å². The zero-order valence-corrected chi connectivity index (χ0v) is 14.0. The van der Waals surface area contributed by atoms with E-state index in [1.807, 2.05) is 0 Å². The molecule has 1 aliphatic heterocycles. The van der Waals surface area contributed by atoms with Crippen molar-refractivity contribution in [2.75, 3.05) is 19.6 Å². The Morgan fingerprint density at radius 2 is 2.39 bits per heavy atom. The van der Waals surface area contributed by atoms with Gasteiger partial charge in [0.25, 0.3) is 5.91 Å². The third kappa shape index (κ3) is 4.26. The Bertz CT molecular complexity index is 694. The molecule has 3 heterocycles. The first-order valence-corrected chi connectivity index (χ1v) is 8.59. The van der Waals surface area contributed by atoms with Crippen LogP contribution in [0, 0.1) is 0 Å². The van der Waals surface area contributed by atoms with E-state index in [9.17, 15) is 9.90 Å². The molecule has 0 spiro atoms. The third-order valence-corrected chi connectivity index (χ3v) is 4.95. The number of nitrogens with zero attached hydrogens (tertiary/aromatic N) is 3. The number of rotatable bonds is 5. The lowest BCUT2D eigenvalue weighted by Crippen LogP contribution is -2.41. The van der Waals surface area contributed by atoms with Crippen LogP contribution in [0.2, 0.25) is 5.15 Å². The Labute approximate surface area is 143 Å². The number of halogens is 1. The van der Waals surface area contributed by atoms with Crippen LogP contribution in [0.5, 0.6) is 0 Å². The van der Waals surface area contributed by atoms with E-state index in [4.69, 9.17) is 11.6 Å². The first kappa shape index (κ1) is 16.3. The summed E-state index contributed by atoms with van der Waals surface area (Å²) >= 11 is 7.52. The van der Waals surface area contributed by atoms with Crippen molar-refractivity contribution in [2.45, 2.75) is 19.1 Å². The number of β-amino-alcohol motifs (C(OH)–C–C–N with tert-alkyl or cyclic N) is 1. The van der Waals surface area contributed by atoms with Crippen LogP contribution in [0.3, 0.4) is 0 Å². The molecule has 0 bridgehead atoms. The normalized spacial score (nSPS) is 15.9. The number of hydrogen-bond donors (Lipinski definition) is 2. The average Bonchev–Trinajstić information content (AvgIpc) is 3.00. The lowest BCUT2D eigenvalue weighted by molar-refractivity contribution is 0.0839. The van der Waals surface area contributed by atoms with Crippen molar-refractivity contribution in [2.24, 2.45) is 0 Å². The van der Waals surface area contributed by atoms with Crippen molar-refractivity contribution in [1.29, 1.82) is 0 Å². The Morgan fingerprint density at radius 1 is 1.52 bits per heavy atom. The van der Waals surface area contributed by atoms with Gasteiger partial charge in [0.15, 0.2) is 0 Å². The summed E-state index contributed by atoms with van der Waals surface area (Å²) in [6.45, 7) is 2.49. The van der Waals surface area contributed by atoms with Gasteiger partial charge in [0.1, 0.15) is 17.2 Å². The van der Waals surface area contributed by atoms with Gasteiger partial charge in [-0.3, -0.25) is 9.69 Å². The van der Waals surface area contributed by atoms with Gasteiger partial charge < -0.3 is 10.4 Å². The molecule has 0 fully saturated rings. The molecular weight excluding hydrogens is 336 g/mol. The molecule has 0 radical (unpaired) electrons. The van der Waals surface area contributed by atoms with E-state index in [1.54, 1.807) is 11.3 Å². The van der Waals surface area contributed by atoms with E-state index in [0.717, 1.165) is 19.5 Å². The molecule has 8 heteroatoms. The molecule has 1 aliphatic rings. The molecule has 1 amide bonds. The highest BCUT2D eigenvalue weighted by Gasteiger charge is 2.20. The second-order valence-corrected chi connectivity index (χ2v) is 6.83. The largest absolute Gasteiger partial charge is 0.390 e. The number of aliphatic hydroxyl groups excluding tert-OH is 1. The van der Waals surface area contributed by atoms with Crippen LogP contribution in [0.15, 0.2) is 23.8 Å². The standard InChI is InChI=1S/C15H17ClN4O2S/c16-14-5-12(18-9-19-14)15(22)17-6-11(21)8-20-3-1-13-10(7-20)2-4-23-13/h2,4-5,9,11,21H,1,3,6-8H2,(H,17,22). The van der Waals surface area contributed by atoms with Crippen molar-refractivity contribution in [3.05, 3.63) is 45.1 Å². The van der Waals surface area contributed by atoms with E-state index >= 15 is 0 Å². The van der Waals surface area contributed by atoms with E-state index in [1.165, 1.54) is 22.8 Å². The van der Waals surface area contributed by atoms with Crippen LogP contribution >= 0.6 is 22.9 Å². The molecule has 1 atom stereocenters. The lowest BCUT2D eigenvalue weighted by atomic mass is 10.1. The fourth-order valence-corrected chi connectivity index (χ4v) is 3.62. The summed E-state index contributed by atoms with van der Waals surface area (Å²) in [6.07, 6.45) is 1.63. The fourth-order valence-electron chi connectivity index (χ4n) is 2.58. The minimum atomic E-state index is -0.628. The number of aromatic nitrogens is 2. The number of carbonyl (C=O) groups is 1. The number of hydrogen-bond acceptors (Lipinski definition) is 6. The second kappa shape index (κ2) is 7.35. The van der Waals surface area contributed by atoms with Crippen LogP contribution in [0.25, 0.3) is 0 Å². The molecule has 0 aromatic carbocycles. The van der Waals surface area contributed by atoms with E-state index in [2.05, 4.69) is 31.6 Å². The number of amides is 1. The number of fused-ring (bicyclic) bond motifs is 1. The average molecular weight is 353 g/mol. The van der Waals surface area contributed by atoms with Crippen LogP contribution in [0.1, 0.15) is 20.9 Å². The van der Waals surface area contributed by atoms with Gasteiger partial charge in [0.2, 0.25) is 0 Å². The van der Waals surface area contributed by atoms with Gasteiger partial charge in [-0.25, -0.2) is 9.97 Å². The van der Waals surface area contributed by atoms with Gasteiger partial charge in [-0.2, -0.15) is 0 Å². The molecule has 2 aromatic rings. The zero-order chi connectivity index (χ0) is 16.2. The molecular formula is C15H17ClN4O2S. The highest BCUT2D eigenvalue weighted by Crippen LogP contribution is 2.23. The van der Waals surface area contributed by atoms with Gasteiger partial charge >= 0.3 is 0 Å².